The van der Waals surface area contributed by atoms with Crippen LogP contribution in [0.2, 0.25) is 0 Å². The second-order valence-corrected chi connectivity index (χ2v) is 3.48. The van der Waals surface area contributed by atoms with Crippen LogP contribution in [0.5, 0.6) is 0 Å². The van der Waals surface area contributed by atoms with Gasteiger partial charge in [-0.3, -0.25) is 0 Å². The third-order valence-electron chi connectivity index (χ3n) is 2.25. The maximum absolute atomic E-state index is 13.5. The molecule has 0 aliphatic rings. The van der Waals surface area contributed by atoms with E-state index in [-0.39, 0.29) is 17.7 Å². The van der Waals surface area contributed by atoms with Gasteiger partial charge in [0.25, 0.3) is 0 Å². The number of halogens is 2. The molecule has 0 fully saturated rings. The Balaban J connectivity index is 2.94. The van der Waals surface area contributed by atoms with Gasteiger partial charge < -0.3 is 9.84 Å². The van der Waals surface area contributed by atoms with Gasteiger partial charge in [0.2, 0.25) is 0 Å². The van der Waals surface area contributed by atoms with Crippen molar-refractivity contribution in [3.8, 4) is 6.07 Å². The first-order chi connectivity index (χ1) is 8.43. The van der Waals surface area contributed by atoms with Crippen LogP contribution in [0.1, 0.15) is 24.2 Å². The van der Waals surface area contributed by atoms with Crippen LogP contribution >= 0.6 is 0 Å². The van der Waals surface area contributed by atoms with Crippen molar-refractivity contribution in [3.05, 3.63) is 35.4 Å². The van der Waals surface area contributed by atoms with Gasteiger partial charge in [-0.25, -0.2) is 4.79 Å². The fourth-order valence-electron chi connectivity index (χ4n) is 1.29. The van der Waals surface area contributed by atoms with Gasteiger partial charge in [-0.05, 0) is 24.6 Å². The van der Waals surface area contributed by atoms with Crippen molar-refractivity contribution in [2.24, 2.45) is 0 Å². The van der Waals surface area contributed by atoms with E-state index < -0.39 is 18.0 Å². The minimum atomic E-state index is -4.02. The zero-order chi connectivity index (χ0) is 13.8. The predicted octanol–water partition coefficient (Wildman–Crippen LogP) is 1.79. The van der Waals surface area contributed by atoms with Crippen LogP contribution in [0.4, 0.5) is 8.78 Å². The Morgan fingerprint density at radius 3 is 2.50 bits per heavy atom. The van der Waals surface area contributed by atoms with E-state index in [2.05, 4.69) is 4.74 Å². The van der Waals surface area contributed by atoms with Crippen LogP contribution in [0, 0.1) is 11.3 Å². The van der Waals surface area contributed by atoms with E-state index in [1.54, 1.807) is 0 Å². The predicted molar refractivity (Wildman–Crippen MR) is 57.7 cm³/mol. The highest BCUT2D eigenvalue weighted by molar-refractivity contribution is 5.78. The van der Waals surface area contributed by atoms with Crippen LogP contribution < -0.4 is 0 Å². The fraction of sp³-hybridized carbons (Fsp3) is 0.333. The highest BCUT2D eigenvalue weighted by Gasteiger charge is 2.48. The first-order valence-corrected chi connectivity index (χ1v) is 5.16. The van der Waals surface area contributed by atoms with Crippen molar-refractivity contribution in [1.29, 1.82) is 5.26 Å². The van der Waals surface area contributed by atoms with Gasteiger partial charge in [0.05, 0.1) is 18.2 Å². The molecule has 4 nitrogen and oxygen atoms in total. The van der Waals surface area contributed by atoms with Crippen molar-refractivity contribution < 1.29 is 23.4 Å². The number of alkyl halides is 2. The zero-order valence-electron chi connectivity index (χ0n) is 9.56. The maximum Gasteiger partial charge on any atom is 0.380 e. The summed E-state index contributed by atoms with van der Waals surface area (Å²) in [4.78, 5) is 11.0. The lowest BCUT2D eigenvalue weighted by molar-refractivity contribution is -0.189. The maximum atomic E-state index is 13.5. The normalized spacial score (nSPS) is 12.6. The quantitative estimate of drug-likeness (QED) is 0.833. The van der Waals surface area contributed by atoms with E-state index in [1.165, 1.54) is 19.1 Å². The number of carbonyl (C=O) groups excluding carboxylic acids is 1. The third-order valence-corrected chi connectivity index (χ3v) is 2.25. The molecule has 1 rings (SSSR count). The minimum Gasteiger partial charge on any atom is -0.461 e. The lowest BCUT2D eigenvalue weighted by Gasteiger charge is -2.20. The van der Waals surface area contributed by atoms with Gasteiger partial charge in [-0.1, -0.05) is 12.1 Å². The van der Waals surface area contributed by atoms with Crippen molar-refractivity contribution in [2.45, 2.75) is 19.0 Å². The van der Waals surface area contributed by atoms with Crippen molar-refractivity contribution >= 4 is 5.97 Å². The summed E-state index contributed by atoms with van der Waals surface area (Å²) in [5.41, 5.74) is 0.109. The number of esters is 1. The van der Waals surface area contributed by atoms with E-state index in [1.807, 2.05) is 6.07 Å². The first-order valence-electron chi connectivity index (χ1n) is 5.16. The highest BCUT2D eigenvalue weighted by Crippen LogP contribution is 2.32. The molecule has 0 heterocycles. The van der Waals surface area contributed by atoms with E-state index in [4.69, 9.17) is 5.26 Å². The van der Waals surface area contributed by atoms with Crippen LogP contribution in [0.25, 0.3) is 0 Å². The number of benzene rings is 1. The average molecular weight is 255 g/mol. The lowest BCUT2D eigenvalue weighted by atomic mass is 10.0. The number of ether oxygens (including phenoxy) is 1. The van der Waals surface area contributed by atoms with Gasteiger partial charge in [0.1, 0.15) is 0 Å². The lowest BCUT2D eigenvalue weighted by Crippen LogP contribution is -2.37. The number of hydrogen-bond donors (Lipinski definition) is 1. The Bertz CT molecular complexity index is 465. The number of hydrogen-bond acceptors (Lipinski definition) is 4. The van der Waals surface area contributed by atoms with Gasteiger partial charge >= 0.3 is 11.9 Å². The smallest absolute Gasteiger partial charge is 0.380 e. The summed E-state index contributed by atoms with van der Waals surface area (Å²) in [6.45, 7) is 1.19. The third kappa shape index (κ3) is 2.81. The van der Waals surface area contributed by atoms with E-state index in [0.29, 0.717) is 0 Å². The SMILES string of the molecule is CCOC(=O)C(F)(F)[C@H](O)c1ccc(C#N)cc1. The Morgan fingerprint density at radius 2 is 2.06 bits per heavy atom. The number of nitriles is 1. The Morgan fingerprint density at radius 1 is 1.50 bits per heavy atom. The Hall–Kier alpha value is -2.00. The molecule has 96 valence electrons. The molecule has 0 saturated carbocycles. The molecule has 0 unspecified atom stereocenters. The van der Waals surface area contributed by atoms with E-state index >= 15 is 0 Å². The van der Waals surface area contributed by atoms with Gasteiger partial charge in [0, 0.05) is 0 Å². The largest absolute Gasteiger partial charge is 0.461 e. The number of carbonyl (C=O) groups is 1. The minimum absolute atomic E-state index is 0.160. The van der Waals surface area contributed by atoms with Gasteiger partial charge in [-0.2, -0.15) is 14.0 Å². The molecule has 1 N–H and O–H groups in total. The van der Waals surface area contributed by atoms with E-state index in [9.17, 15) is 18.7 Å². The molecule has 1 aromatic carbocycles. The number of nitrogens with zero attached hydrogens (tertiary/aromatic N) is 1. The molecule has 0 aliphatic heterocycles. The zero-order valence-corrected chi connectivity index (χ0v) is 9.56. The fourth-order valence-corrected chi connectivity index (χ4v) is 1.29. The first kappa shape index (κ1) is 14.1. The molecule has 0 spiro atoms. The van der Waals surface area contributed by atoms with E-state index in [0.717, 1.165) is 12.1 Å². The molecule has 0 amide bonds. The Labute approximate surface area is 102 Å². The van der Waals surface area contributed by atoms with Crippen LogP contribution in [-0.4, -0.2) is 23.6 Å². The number of rotatable bonds is 4. The molecule has 0 aromatic heterocycles. The standard InChI is InChI=1S/C12H11F2NO3/c1-2-18-11(17)12(13,14)10(16)9-5-3-8(7-15)4-6-9/h3-6,10,16H,2H2,1H3/t10-/m1/s1. The summed E-state index contributed by atoms with van der Waals surface area (Å²) in [6.07, 6.45) is -2.30. The monoisotopic (exact) mass is 255 g/mol. The second kappa shape index (κ2) is 5.56. The van der Waals surface area contributed by atoms with Crippen LogP contribution in [0.15, 0.2) is 24.3 Å². The molecule has 0 aliphatic carbocycles. The molecular weight excluding hydrogens is 244 g/mol. The molecule has 0 saturated heterocycles. The van der Waals surface area contributed by atoms with Crippen LogP contribution in [-0.2, 0) is 9.53 Å². The van der Waals surface area contributed by atoms with Gasteiger partial charge in [0.15, 0.2) is 6.10 Å². The summed E-state index contributed by atoms with van der Waals surface area (Å²) in [7, 11) is 0. The topological polar surface area (TPSA) is 70.3 Å². The molecule has 6 heteroatoms. The molecule has 18 heavy (non-hydrogen) atoms. The summed E-state index contributed by atoms with van der Waals surface area (Å²) in [6, 6.07) is 6.70. The van der Waals surface area contributed by atoms with Gasteiger partial charge in [-0.15, -0.1) is 0 Å². The molecule has 0 radical (unpaired) electrons. The molecule has 1 aromatic rings. The van der Waals surface area contributed by atoms with Crippen molar-refractivity contribution in [2.75, 3.05) is 6.61 Å². The summed E-state index contributed by atoms with van der Waals surface area (Å²) in [5, 5.41) is 18.0. The molecular formula is C12H11F2NO3. The molecule has 1 atom stereocenters. The number of aliphatic hydroxyl groups excluding tert-OH is 1. The van der Waals surface area contributed by atoms with Crippen LogP contribution in [0.3, 0.4) is 0 Å². The summed E-state index contributed by atoms with van der Waals surface area (Å²) in [5.74, 6) is -5.80. The molecule has 0 bridgehead atoms. The highest BCUT2D eigenvalue weighted by atomic mass is 19.3. The Kier molecular flexibility index (Phi) is 4.34. The number of aliphatic hydroxyl groups is 1. The summed E-state index contributed by atoms with van der Waals surface area (Å²) >= 11 is 0. The summed E-state index contributed by atoms with van der Waals surface area (Å²) < 4.78 is 31.1. The average Bonchev–Trinajstić information content (AvgIpc) is 2.38. The second-order valence-electron chi connectivity index (χ2n) is 3.48. The van der Waals surface area contributed by atoms with Crippen molar-refractivity contribution in [1.82, 2.24) is 0 Å². The van der Waals surface area contributed by atoms with Crippen molar-refractivity contribution in [3.63, 3.8) is 0 Å².